The Bertz CT molecular complexity index is 630. The predicted octanol–water partition coefficient (Wildman–Crippen LogP) is 4.89. The second-order valence-corrected chi connectivity index (χ2v) is 8.69. The molecule has 27 heavy (non-hydrogen) atoms. The summed E-state index contributed by atoms with van der Waals surface area (Å²) in [5, 5.41) is 11.3. The van der Waals surface area contributed by atoms with Crippen molar-refractivity contribution in [2.45, 2.75) is 84.0 Å². The van der Waals surface area contributed by atoms with Gasteiger partial charge in [0.05, 0.1) is 17.1 Å². The molecule has 0 aromatic heterocycles. The molecule has 0 spiro atoms. The van der Waals surface area contributed by atoms with E-state index in [9.17, 15) is 10.1 Å². The third kappa shape index (κ3) is 5.52. The number of nitro groups is 1. The number of likely N-dealkylation sites (tertiary alicyclic amines) is 1. The van der Waals surface area contributed by atoms with Crippen molar-refractivity contribution >= 4 is 5.69 Å². The summed E-state index contributed by atoms with van der Waals surface area (Å²) in [6.07, 6.45) is 8.74. The van der Waals surface area contributed by atoms with Crippen LogP contribution >= 0.6 is 0 Å². The summed E-state index contributed by atoms with van der Waals surface area (Å²) in [6, 6.07) is 6.20. The Labute approximate surface area is 163 Å². The van der Waals surface area contributed by atoms with Crippen molar-refractivity contribution in [1.82, 2.24) is 4.90 Å². The van der Waals surface area contributed by atoms with Gasteiger partial charge in [0.15, 0.2) is 0 Å². The Kier molecular flexibility index (Phi) is 6.88. The molecule has 1 aliphatic heterocycles. The summed E-state index contributed by atoms with van der Waals surface area (Å²) in [6.45, 7) is 8.51. The highest BCUT2D eigenvalue weighted by molar-refractivity contribution is 5.42. The van der Waals surface area contributed by atoms with Gasteiger partial charge in [0.1, 0.15) is 0 Å². The molecule has 0 N–H and O–H groups in total. The third-order valence-electron chi connectivity index (χ3n) is 6.21. The maximum Gasteiger partial charge on any atom is 0.272 e. The highest BCUT2D eigenvalue weighted by Gasteiger charge is 2.30. The molecule has 0 amide bonds. The van der Waals surface area contributed by atoms with Crippen LogP contribution in [0.25, 0.3) is 0 Å². The number of piperidine rings is 1. The Morgan fingerprint density at radius 3 is 2.41 bits per heavy atom. The second-order valence-electron chi connectivity index (χ2n) is 8.69. The Hall–Kier alpha value is -1.46. The maximum atomic E-state index is 11.3. The Morgan fingerprint density at radius 2 is 1.81 bits per heavy atom. The summed E-state index contributed by atoms with van der Waals surface area (Å²) in [4.78, 5) is 13.7. The van der Waals surface area contributed by atoms with Gasteiger partial charge in [0, 0.05) is 17.7 Å². The van der Waals surface area contributed by atoms with E-state index in [2.05, 4.69) is 18.7 Å². The van der Waals surface area contributed by atoms with Crippen molar-refractivity contribution in [2.24, 2.45) is 5.92 Å². The van der Waals surface area contributed by atoms with Gasteiger partial charge >= 0.3 is 0 Å². The number of nitrogens with zero attached hydrogens (tertiary/aromatic N) is 2. The van der Waals surface area contributed by atoms with Gasteiger partial charge in [-0.3, -0.25) is 10.1 Å². The second kappa shape index (κ2) is 9.16. The SMILES string of the molecule is Cc1ccc([N+](=O)[O-])c(CC2CCN(C3CCC(OC(C)C)CC3)CC2)c1. The molecule has 1 aromatic rings. The van der Waals surface area contributed by atoms with Crippen molar-refractivity contribution in [3.8, 4) is 0 Å². The number of rotatable bonds is 6. The molecule has 2 aliphatic rings. The van der Waals surface area contributed by atoms with E-state index in [0.29, 0.717) is 24.2 Å². The monoisotopic (exact) mass is 374 g/mol. The number of benzene rings is 1. The zero-order valence-corrected chi connectivity index (χ0v) is 17.0. The van der Waals surface area contributed by atoms with E-state index in [4.69, 9.17) is 4.74 Å². The van der Waals surface area contributed by atoms with Crippen LogP contribution in [0.2, 0.25) is 0 Å². The molecule has 1 heterocycles. The maximum absolute atomic E-state index is 11.3. The fraction of sp³-hybridized carbons (Fsp3) is 0.727. The molecule has 0 radical (unpaired) electrons. The normalized spacial score (nSPS) is 25.0. The molecule has 5 nitrogen and oxygen atoms in total. The van der Waals surface area contributed by atoms with Gasteiger partial charge in [-0.25, -0.2) is 0 Å². The lowest BCUT2D eigenvalue weighted by Crippen LogP contribution is -2.44. The molecule has 1 aromatic carbocycles. The van der Waals surface area contributed by atoms with Crippen LogP contribution in [0.4, 0.5) is 5.69 Å². The minimum absolute atomic E-state index is 0.235. The van der Waals surface area contributed by atoms with E-state index >= 15 is 0 Å². The van der Waals surface area contributed by atoms with Crippen LogP contribution in [0.1, 0.15) is 63.5 Å². The molecule has 3 rings (SSSR count). The van der Waals surface area contributed by atoms with Crippen LogP contribution in [-0.4, -0.2) is 41.2 Å². The van der Waals surface area contributed by atoms with Gasteiger partial charge < -0.3 is 9.64 Å². The zero-order valence-electron chi connectivity index (χ0n) is 17.0. The predicted molar refractivity (Wildman–Crippen MR) is 108 cm³/mol. The first-order valence-electron chi connectivity index (χ1n) is 10.6. The molecule has 0 unspecified atom stereocenters. The summed E-state index contributed by atoms with van der Waals surface area (Å²) in [7, 11) is 0. The van der Waals surface area contributed by atoms with E-state index in [1.54, 1.807) is 6.07 Å². The number of hydrogen-bond donors (Lipinski definition) is 0. The van der Waals surface area contributed by atoms with E-state index in [-0.39, 0.29) is 10.6 Å². The standard InChI is InChI=1S/C22H34N2O3/c1-16(2)27-21-7-5-20(6-8-21)23-12-10-18(11-13-23)15-19-14-17(3)4-9-22(19)24(25)26/h4,9,14,16,18,20-21H,5-8,10-13,15H2,1-3H3. The fourth-order valence-electron chi connectivity index (χ4n) is 4.82. The molecule has 0 atom stereocenters. The average Bonchev–Trinajstić information content (AvgIpc) is 2.62. The molecule has 2 fully saturated rings. The van der Waals surface area contributed by atoms with Crippen LogP contribution in [0.15, 0.2) is 18.2 Å². The highest BCUT2D eigenvalue weighted by atomic mass is 16.6. The van der Waals surface area contributed by atoms with E-state index < -0.39 is 0 Å². The van der Waals surface area contributed by atoms with Crippen molar-refractivity contribution < 1.29 is 9.66 Å². The third-order valence-corrected chi connectivity index (χ3v) is 6.21. The topological polar surface area (TPSA) is 55.6 Å². The van der Waals surface area contributed by atoms with Gasteiger partial charge in [0.25, 0.3) is 5.69 Å². The molecular weight excluding hydrogens is 340 g/mol. The first kappa shape index (κ1) is 20.3. The van der Waals surface area contributed by atoms with Crippen LogP contribution in [-0.2, 0) is 11.2 Å². The molecule has 1 aliphatic carbocycles. The lowest BCUT2D eigenvalue weighted by atomic mass is 9.86. The van der Waals surface area contributed by atoms with Crippen molar-refractivity contribution in [3.63, 3.8) is 0 Å². The van der Waals surface area contributed by atoms with Crippen LogP contribution < -0.4 is 0 Å². The number of ether oxygens (including phenoxy) is 1. The van der Waals surface area contributed by atoms with Crippen LogP contribution in [0.5, 0.6) is 0 Å². The van der Waals surface area contributed by atoms with Crippen molar-refractivity contribution in [1.29, 1.82) is 0 Å². The quantitative estimate of drug-likeness (QED) is 0.525. The fourth-order valence-corrected chi connectivity index (χ4v) is 4.82. The van der Waals surface area contributed by atoms with Gasteiger partial charge in [-0.2, -0.15) is 0 Å². The van der Waals surface area contributed by atoms with E-state index in [1.807, 2.05) is 19.1 Å². The largest absolute Gasteiger partial charge is 0.376 e. The molecule has 1 saturated carbocycles. The van der Waals surface area contributed by atoms with Crippen molar-refractivity contribution in [3.05, 3.63) is 39.4 Å². The van der Waals surface area contributed by atoms with Gasteiger partial charge in [-0.05, 0) is 90.8 Å². The van der Waals surface area contributed by atoms with Gasteiger partial charge in [-0.1, -0.05) is 11.6 Å². The summed E-state index contributed by atoms with van der Waals surface area (Å²) in [5.41, 5.74) is 2.30. The average molecular weight is 375 g/mol. The van der Waals surface area contributed by atoms with Gasteiger partial charge in [-0.15, -0.1) is 0 Å². The number of hydrogen-bond acceptors (Lipinski definition) is 4. The summed E-state index contributed by atoms with van der Waals surface area (Å²) < 4.78 is 5.98. The smallest absolute Gasteiger partial charge is 0.272 e. The summed E-state index contributed by atoms with van der Waals surface area (Å²) >= 11 is 0. The first-order valence-corrected chi connectivity index (χ1v) is 10.6. The van der Waals surface area contributed by atoms with Crippen molar-refractivity contribution in [2.75, 3.05) is 13.1 Å². The minimum Gasteiger partial charge on any atom is -0.376 e. The molecular formula is C22H34N2O3. The van der Waals surface area contributed by atoms with E-state index in [1.165, 1.54) is 25.7 Å². The number of aryl methyl sites for hydroxylation is 1. The molecule has 0 bridgehead atoms. The lowest BCUT2D eigenvalue weighted by molar-refractivity contribution is -0.385. The summed E-state index contributed by atoms with van der Waals surface area (Å²) in [5.74, 6) is 0.558. The van der Waals surface area contributed by atoms with E-state index in [0.717, 1.165) is 43.5 Å². The Morgan fingerprint density at radius 1 is 1.15 bits per heavy atom. The molecule has 5 heteroatoms. The molecule has 1 saturated heterocycles. The first-order chi connectivity index (χ1) is 12.9. The Balaban J connectivity index is 1.49. The lowest BCUT2D eigenvalue weighted by Gasteiger charge is -2.41. The van der Waals surface area contributed by atoms with Gasteiger partial charge in [0.2, 0.25) is 0 Å². The highest BCUT2D eigenvalue weighted by Crippen LogP contribution is 2.31. The minimum atomic E-state index is -0.235. The van der Waals surface area contributed by atoms with Crippen LogP contribution in [0.3, 0.4) is 0 Å². The van der Waals surface area contributed by atoms with Crippen LogP contribution in [0, 0.1) is 23.0 Å². The zero-order chi connectivity index (χ0) is 19.4. The number of nitro benzene ring substituents is 1. The molecule has 150 valence electrons.